The molecule has 0 atom stereocenters. The van der Waals surface area contributed by atoms with E-state index in [1.165, 1.54) is 0 Å². The lowest BCUT2D eigenvalue weighted by Crippen LogP contribution is -2.17. The number of hydrogen-bond donors (Lipinski definition) is 1. The fourth-order valence-corrected chi connectivity index (χ4v) is 4.10. The van der Waals surface area contributed by atoms with E-state index in [-0.39, 0.29) is 12.1 Å². The zero-order valence-electron chi connectivity index (χ0n) is 19.5. The molecule has 0 radical (unpaired) electrons. The summed E-state index contributed by atoms with van der Waals surface area (Å²) in [4.78, 5) is 13.1. The Labute approximate surface area is 202 Å². The molecule has 0 saturated carbocycles. The van der Waals surface area contributed by atoms with E-state index in [1.54, 1.807) is 30.3 Å². The number of halogens is 3. The molecule has 9 heteroatoms. The highest BCUT2D eigenvalue weighted by Gasteiger charge is 2.36. The van der Waals surface area contributed by atoms with Gasteiger partial charge in [0.05, 0.1) is 5.69 Å². The molecule has 0 spiro atoms. The number of rotatable bonds is 10. The van der Waals surface area contributed by atoms with Crippen LogP contribution in [0.4, 0.5) is 13.2 Å². The van der Waals surface area contributed by atoms with Gasteiger partial charge in [-0.25, -0.2) is 4.68 Å². The van der Waals surface area contributed by atoms with Gasteiger partial charge in [0.25, 0.3) is 0 Å². The molecule has 0 saturated heterocycles. The number of hydrogen-bond acceptors (Lipinski definition) is 5. The summed E-state index contributed by atoms with van der Waals surface area (Å²) in [7, 11) is 1.89. The topological polar surface area (TPSA) is 65.4 Å². The van der Waals surface area contributed by atoms with Crippen LogP contribution in [0, 0.1) is 0 Å². The van der Waals surface area contributed by atoms with Crippen LogP contribution < -0.4 is 14.8 Å². The van der Waals surface area contributed by atoms with Gasteiger partial charge < -0.3 is 14.8 Å². The van der Waals surface area contributed by atoms with Crippen LogP contribution in [0.15, 0.2) is 48.5 Å². The minimum Gasteiger partial charge on any atom is -0.486 e. The summed E-state index contributed by atoms with van der Waals surface area (Å²) in [5.74, 6) is 0.765. The highest BCUT2D eigenvalue weighted by atomic mass is 19.4. The number of benzene rings is 2. The summed E-state index contributed by atoms with van der Waals surface area (Å²) in [5.41, 5.74) is 1.01. The Hall–Kier alpha value is -3.33. The number of carbonyl (C=O) groups is 1. The van der Waals surface area contributed by atoms with E-state index < -0.39 is 17.7 Å². The van der Waals surface area contributed by atoms with Gasteiger partial charge >= 0.3 is 6.18 Å². The third-order valence-electron chi connectivity index (χ3n) is 5.85. The predicted molar refractivity (Wildman–Crippen MR) is 126 cm³/mol. The second kappa shape index (κ2) is 10.9. The van der Waals surface area contributed by atoms with Crippen molar-refractivity contribution in [2.75, 3.05) is 26.8 Å². The highest BCUT2D eigenvalue weighted by molar-refractivity contribution is 5.95. The fraction of sp³-hybridized carbons (Fsp3) is 0.385. The molecule has 6 nitrogen and oxygen atoms in total. The van der Waals surface area contributed by atoms with Crippen LogP contribution in [0.2, 0.25) is 0 Å². The van der Waals surface area contributed by atoms with Crippen molar-refractivity contribution in [3.8, 4) is 17.2 Å². The van der Waals surface area contributed by atoms with Gasteiger partial charge in [0.15, 0.2) is 23.0 Å². The number of nitrogens with zero attached hydrogens (tertiary/aromatic N) is 2. The third-order valence-corrected chi connectivity index (χ3v) is 5.85. The van der Waals surface area contributed by atoms with Gasteiger partial charge in [-0.1, -0.05) is 24.3 Å². The average molecular weight is 488 g/mol. The van der Waals surface area contributed by atoms with Gasteiger partial charge in [-0.2, -0.15) is 18.3 Å². The summed E-state index contributed by atoms with van der Waals surface area (Å²) in [6.07, 6.45) is -1.63. The van der Waals surface area contributed by atoms with E-state index in [4.69, 9.17) is 9.47 Å². The Balaban J connectivity index is 1.57. The molecule has 1 aromatic heterocycles. The first kappa shape index (κ1) is 24.8. The molecule has 2 aromatic carbocycles. The predicted octanol–water partition coefficient (Wildman–Crippen LogP) is 5.02. The number of ketones is 1. The summed E-state index contributed by atoms with van der Waals surface area (Å²) in [5, 5.41) is 6.86. The van der Waals surface area contributed by atoms with E-state index in [2.05, 4.69) is 10.4 Å². The van der Waals surface area contributed by atoms with Gasteiger partial charge in [-0.15, -0.1) is 0 Å². The molecule has 3 aromatic rings. The van der Waals surface area contributed by atoms with Gasteiger partial charge in [0.1, 0.15) is 18.9 Å². The number of alkyl halides is 3. The fourth-order valence-electron chi connectivity index (χ4n) is 4.10. The van der Waals surface area contributed by atoms with Gasteiger partial charge in [-0.05, 0) is 68.6 Å². The number of ether oxygens (including phenoxy) is 2. The van der Waals surface area contributed by atoms with Crippen LogP contribution in [0.5, 0.6) is 11.5 Å². The van der Waals surface area contributed by atoms with Crippen molar-refractivity contribution in [3.63, 3.8) is 0 Å². The van der Waals surface area contributed by atoms with Crippen LogP contribution in [0.25, 0.3) is 5.69 Å². The van der Waals surface area contributed by atoms with E-state index in [1.807, 2.05) is 19.2 Å². The molecule has 2 heterocycles. The SMILES string of the molecule is CNCCCCc1cccc(-n2nc(C(F)(F)F)cc2C(=O)CCc2cccc3c2OCCO3)c1. The maximum absolute atomic E-state index is 13.5. The van der Waals surface area contributed by atoms with Gasteiger partial charge in [0, 0.05) is 12.5 Å². The van der Waals surface area contributed by atoms with Crippen LogP contribution in [0.1, 0.15) is 46.6 Å². The Morgan fingerprint density at radius 1 is 1.06 bits per heavy atom. The quantitative estimate of drug-likeness (QED) is 0.321. The molecular weight excluding hydrogens is 459 g/mol. The number of nitrogens with one attached hydrogen (secondary N) is 1. The summed E-state index contributed by atoms with van der Waals surface area (Å²) in [6.45, 7) is 1.75. The monoisotopic (exact) mass is 487 g/mol. The molecular formula is C26H28F3N3O3. The minimum atomic E-state index is -4.66. The third kappa shape index (κ3) is 6.03. The van der Waals surface area contributed by atoms with Crippen molar-refractivity contribution in [1.29, 1.82) is 0 Å². The Morgan fingerprint density at radius 3 is 2.66 bits per heavy atom. The molecule has 186 valence electrons. The van der Waals surface area contributed by atoms with Crippen LogP contribution in [-0.4, -0.2) is 42.4 Å². The molecule has 0 bridgehead atoms. The summed E-state index contributed by atoms with van der Waals surface area (Å²) >= 11 is 0. The minimum absolute atomic E-state index is 0.00646. The van der Waals surface area contributed by atoms with Crippen molar-refractivity contribution >= 4 is 5.78 Å². The van der Waals surface area contributed by atoms with Crippen LogP contribution in [-0.2, 0) is 19.0 Å². The number of aryl methyl sites for hydroxylation is 2. The molecule has 0 unspecified atom stereocenters. The Morgan fingerprint density at radius 2 is 1.86 bits per heavy atom. The maximum Gasteiger partial charge on any atom is 0.435 e. The first-order valence-electron chi connectivity index (χ1n) is 11.7. The second-order valence-electron chi connectivity index (χ2n) is 8.42. The standard InChI is InChI=1S/C26H28F3N3O3/c1-30-13-3-2-6-18-7-4-9-20(16-18)32-21(17-24(31-32)26(27,28)29)22(33)12-11-19-8-5-10-23-25(19)35-15-14-34-23/h4-5,7-10,16-17,30H,2-3,6,11-15H2,1H3. The smallest absolute Gasteiger partial charge is 0.435 e. The normalized spacial score (nSPS) is 13.1. The zero-order chi connectivity index (χ0) is 24.8. The van der Waals surface area contributed by atoms with Crippen LogP contribution in [0.3, 0.4) is 0 Å². The van der Waals surface area contributed by atoms with Gasteiger partial charge in [0.2, 0.25) is 0 Å². The first-order chi connectivity index (χ1) is 16.9. The van der Waals surface area contributed by atoms with E-state index in [0.717, 1.165) is 47.7 Å². The number of carbonyl (C=O) groups excluding carboxylic acids is 1. The van der Waals surface area contributed by atoms with Crippen molar-refractivity contribution in [3.05, 3.63) is 71.0 Å². The van der Waals surface area contributed by atoms with Crippen molar-refractivity contribution in [1.82, 2.24) is 15.1 Å². The van der Waals surface area contributed by atoms with Gasteiger partial charge in [-0.3, -0.25) is 4.79 Å². The molecule has 4 rings (SSSR count). The van der Waals surface area contributed by atoms with E-state index in [0.29, 0.717) is 36.8 Å². The molecule has 1 aliphatic heterocycles. The number of Topliss-reactive ketones (excluding diaryl/α,β-unsaturated/α-hetero) is 1. The molecule has 0 aliphatic carbocycles. The Kier molecular flexibility index (Phi) is 7.75. The largest absolute Gasteiger partial charge is 0.486 e. The van der Waals surface area contributed by atoms with Crippen molar-refractivity contribution < 1.29 is 27.4 Å². The number of aromatic nitrogens is 2. The molecule has 0 fully saturated rings. The van der Waals surface area contributed by atoms with Crippen molar-refractivity contribution in [2.24, 2.45) is 0 Å². The lowest BCUT2D eigenvalue weighted by Gasteiger charge is -2.20. The second-order valence-corrected chi connectivity index (χ2v) is 8.42. The lowest BCUT2D eigenvalue weighted by atomic mass is 10.0. The average Bonchev–Trinajstić information content (AvgIpc) is 3.32. The summed E-state index contributed by atoms with van der Waals surface area (Å²) < 4.78 is 52.9. The van der Waals surface area contributed by atoms with E-state index in [9.17, 15) is 18.0 Å². The molecule has 0 amide bonds. The lowest BCUT2D eigenvalue weighted by molar-refractivity contribution is -0.141. The molecule has 1 N–H and O–H groups in total. The first-order valence-corrected chi connectivity index (χ1v) is 11.7. The van der Waals surface area contributed by atoms with E-state index >= 15 is 0 Å². The zero-order valence-corrected chi connectivity index (χ0v) is 19.5. The van der Waals surface area contributed by atoms with Crippen molar-refractivity contribution in [2.45, 2.75) is 38.3 Å². The Bertz CT molecular complexity index is 1170. The number of unbranched alkanes of at least 4 members (excludes halogenated alkanes) is 1. The highest BCUT2D eigenvalue weighted by Crippen LogP contribution is 2.35. The number of fused-ring (bicyclic) bond motifs is 1. The molecule has 35 heavy (non-hydrogen) atoms. The maximum atomic E-state index is 13.5. The molecule has 1 aliphatic rings. The van der Waals surface area contributed by atoms with Crippen LogP contribution >= 0.6 is 0 Å². The summed E-state index contributed by atoms with van der Waals surface area (Å²) in [6, 6.07) is 13.4. The number of para-hydroxylation sites is 1.